The zero-order valence-corrected chi connectivity index (χ0v) is 17.7. The predicted octanol–water partition coefficient (Wildman–Crippen LogP) is 2.34. The molecule has 1 heterocycles. The smallest absolute Gasteiger partial charge is 0.325 e. The molecule has 156 valence electrons. The van der Waals surface area contributed by atoms with E-state index in [1.54, 1.807) is 14.2 Å². The van der Waals surface area contributed by atoms with Crippen molar-refractivity contribution in [2.75, 3.05) is 40.3 Å². The Hall–Kier alpha value is -2.28. The quantitative estimate of drug-likeness (QED) is 0.423. The number of carbonyl (C=O) groups excluding carboxylic acids is 1. The van der Waals surface area contributed by atoms with Gasteiger partial charge in [-0.05, 0) is 64.4 Å². The molecule has 1 aliphatic rings. The molecule has 2 N–H and O–H groups in total. The van der Waals surface area contributed by atoms with Crippen molar-refractivity contribution in [2.24, 2.45) is 4.99 Å². The van der Waals surface area contributed by atoms with Gasteiger partial charge >= 0.3 is 5.97 Å². The fraction of sp³-hybridized carbons (Fsp3) is 0.619. The van der Waals surface area contributed by atoms with Crippen LogP contribution in [0.5, 0.6) is 5.75 Å². The first-order valence-electron chi connectivity index (χ1n) is 9.87. The van der Waals surface area contributed by atoms with Crippen LogP contribution in [-0.2, 0) is 9.53 Å². The summed E-state index contributed by atoms with van der Waals surface area (Å²) in [6.45, 7) is 8.51. The maximum atomic E-state index is 11.9. The van der Waals surface area contributed by atoms with Crippen LogP contribution in [0.15, 0.2) is 29.3 Å². The van der Waals surface area contributed by atoms with E-state index in [2.05, 4.69) is 32.7 Å². The Morgan fingerprint density at radius 2 is 1.82 bits per heavy atom. The Morgan fingerprint density at radius 1 is 1.18 bits per heavy atom. The van der Waals surface area contributed by atoms with E-state index < -0.39 is 5.60 Å². The Kier molecular flexibility index (Phi) is 8.11. The molecule has 0 spiro atoms. The van der Waals surface area contributed by atoms with E-state index in [0.29, 0.717) is 12.5 Å². The lowest BCUT2D eigenvalue weighted by Gasteiger charge is -2.29. The second-order valence-corrected chi connectivity index (χ2v) is 7.93. The molecule has 0 radical (unpaired) electrons. The molecule has 0 bridgehead atoms. The van der Waals surface area contributed by atoms with Gasteiger partial charge in [-0.25, -0.2) is 0 Å². The second-order valence-electron chi connectivity index (χ2n) is 7.93. The first-order chi connectivity index (χ1) is 13.3. The number of ether oxygens (including phenoxy) is 2. The molecular formula is C21H34N4O3. The lowest BCUT2D eigenvalue weighted by molar-refractivity contribution is -0.153. The number of esters is 1. The van der Waals surface area contributed by atoms with Crippen molar-refractivity contribution in [3.05, 3.63) is 29.8 Å². The van der Waals surface area contributed by atoms with Crippen molar-refractivity contribution in [3.63, 3.8) is 0 Å². The van der Waals surface area contributed by atoms with Crippen molar-refractivity contribution < 1.29 is 14.3 Å². The Balaban J connectivity index is 1.96. The lowest BCUT2D eigenvalue weighted by atomic mass is 10.1. The second kappa shape index (κ2) is 10.3. The summed E-state index contributed by atoms with van der Waals surface area (Å²) in [4.78, 5) is 18.6. The van der Waals surface area contributed by atoms with E-state index in [4.69, 9.17) is 9.47 Å². The van der Waals surface area contributed by atoms with E-state index in [1.807, 2.05) is 32.9 Å². The molecule has 28 heavy (non-hydrogen) atoms. The number of nitrogens with one attached hydrogen (secondary N) is 2. The summed E-state index contributed by atoms with van der Waals surface area (Å²) in [7, 11) is 3.37. The maximum absolute atomic E-state index is 11.9. The van der Waals surface area contributed by atoms with Gasteiger partial charge in [-0.3, -0.25) is 14.7 Å². The van der Waals surface area contributed by atoms with Crippen LogP contribution in [0.1, 0.15) is 45.2 Å². The van der Waals surface area contributed by atoms with Crippen LogP contribution in [0.3, 0.4) is 0 Å². The molecule has 1 unspecified atom stereocenters. The fourth-order valence-corrected chi connectivity index (χ4v) is 3.28. The maximum Gasteiger partial charge on any atom is 0.325 e. The van der Waals surface area contributed by atoms with Gasteiger partial charge in [0, 0.05) is 13.6 Å². The van der Waals surface area contributed by atoms with Gasteiger partial charge in [0.15, 0.2) is 5.96 Å². The standard InChI is InChI=1S/C21H34N4O3/c1-21(2,3)28-19(26)15-24-20(22-4)23-14-18(25-12-6-7-13-25)16-8-10-17(27-5)11-9-16/h8-11,18H,6-7,12-15H2,1-5H3,(H2,22,23,24). The van der Waals surface area contributed by atoms with Gasteiger partial charge in [0.1, 0.15) is 17.9 Å². The largest absolute Gasteiger partial charge is 0.497 e. The van der Waals surface area contributed by atoms with Crippen LogP contribution < -0.4 is 15.4 Å². The van der Waals surface area contributed by atoms with Crippen LogP contribution in [-0.4, -0.2) is 62.8 Å². The summed E-state index contributed by atoms with van der Waals surface area (Å²) in [5.41, 5.74) is 0.739. The van der Waals surface area contributed by atoms with Crippen molar-refractivity contribution in [1.29, 1.82) is 0 Å². The van der Waals surface area contributed by atoms with Crippen molar-refractivity contribution in [1.82, 2.24) is 15.5 Å². The van der Waals surface area contributed by atoms with E-state index in [0.717, 1.165) is 18.8 Å². The monoisotopic (exact) mass is 390 g/mol. The van der Waals surface area contributed by atoms with Gasteiger partial charge in [0.2, 0.25) is 0 Å². The highest BCUT2D eigenvalue weighted by Crippen LogP contribution is 2.26. The third kappa shape index (κ3) is 7.03. The number of guanidine groups is 1. The molecule has 0 amide bonds. The molecule has 1 fully saturated rings. The number of likely N-dealkylation sites (tertiary alicyclic amines) is 1. The highest BCUT2D eigenvalue weighted by molar-refractivity contribution is 5.84. The number of benzene rings is 1. The highest BCUT2D eigenvalue weighted by Gasteiger charge is 2.24. The van der Waals surface area contributed by atoms with Crippen molar-refractivity contribution >= 4 is 11.9 Å². The number of nitrogens with zero attached hydrogens (tertiary/aromatic N) is 2. The first-order valence-corrected chi connectivity index (χ1v) is 9.87. The number of methoxy groups -OCH3 is 1. The molecular weight excluding hydrogens is 356 g/mol. The third-order valence-corrected chi connectivity index (χ3v) is 4.59. The molecule has 7 heteroatoms. The van der Waals surface area contributed by atoms with Gasteiger partial charge in [-0.2, -0.15) is 0 Å². The molecule has 0 saturated carbocycles. The first kappa shape index (κ1) is 22.0. The number of rotatable bonds is 7. The normalized spacial score (nSPS) is 16.5. The molecule has 2 rings (SSSR count). The highest BCUT2D eigenvalue weighted by atomic mass is 16.6. The van der Waals surface area contributed by atoms with Crippen molar-refractivity contribution in [2.45, 2.75) is 45.3 Å². The molecule has 1 saturated heterocycles. The van der Waals surface area contributed by atoms with E-state index in [-0.39, 0.29) is 18.6 Å². The predicted molar refractivity (Wildman–Crippen MR) is 112 cm³/mol. The molecule has 7 nitrogen and oxygen atoms in total. The zero-order valence-electron chi connectivity index (χ0n) is 17.7. The summed E-state index contributed by atoms with van der Waals surface area (Å²) < 4.78 is 10.6. The minimum absolute atomic E-state index is 0.0772. The Labute approximate surface area is 168 Å². The molecule has 0 aliphatic carbocycles. The Morgan fingerprint density at radius 3 is 2.36 bits per heavy atom. The van der Waals surface area contributed by atoms with Crippen LogP contribution >= 0.6 is 0 Å². The number of aliphatic imine (C=N–C) groups is 1. The summed E-state index contributed by atoms with van der Waals surface area (Å²) in [5.74, 6) is 1.14. The molecule has 1 aromatic carbocycles. The molecule has 1 aliphatic heterocycles. The summed E-state index contributed by atoms with van der Waals surface area (Å²) in [6, 6.07) is 8.44. The summed E-state index contributed by atoms with van der Waals surface area (Å²) in [5, 5.41) is 6.38. The number of hydrogen-bond acceptors (Lipinski definition) is 5. The van der Waals surface area contributed by atoms with Crippen LogP contribution in [0.25, 0.3) is 0 Å². The minimum atomic E-state index is -0.495. The average Bonchev–Trinajstić information content (AvgIpc) is 3.18. The molecule has 0 aromatic heterocycles. The van der Waals surface area contributed by atoms with Gasteiger partial charge in [0.25, 0.3) is 0 Å². The third-order valence-electron chi connectivity index (χ3n) is 4.59. The zero-order chi connectivity index (χ0) is 20.6. The van der Waals surface area contributed by atoms with Gasteiger partial charge in [-0.1, -0.05) is 12.1 Å². The van der Waals surface area contributed by atoms with E-state index >= 15 is 0 Å². The Bertz CT molecular complexity index is 647. The topological polar surface area (TPSA) is 75.2 Å². The number of hydrogen-bond donors (Lipinski definition) is 2. The van der Waals surface area contributed by atoms with Gasteiger partial charge in [0.05, 0.1) is 13.2 Å². The van der Waals surface area contributed by atoms with Gasteiger partial charge < -0.3 is 20.1 Å². The van der Waals surface area contributed by atoms with Gasteiger partial charge in [-0.15, -0.1) is 0 Å². The molecule has 1 aromatic rings. The van der Waals surface area contributed by atoms with Crippen LogP contribution in [0.2, 0.25) is 0 Å². The number of carbonyl (C=O) groups is 1. The molecule has 1 atom stereocenters. The van der Waals surface area contributed by atoms with Crippen LogP contribution in [0, 0.1) is 0 Å². The van der Waals surface area contributed by atoms with E-state index in [9.17, 15) is 4.79 Å². The fourth-order valence-electron chi connectivity index (χ4n) is 3.28. The minimum Gasteiger partial charge on any atom is -0.497 e. The van der Waals surface area contributed by atoms with Crippen molar-refractivity contribution in [3.8, 4) is 5.75 Å². The lowest BCUT2D eigenvalue weighted by Crippen LogP contribution is -2.45. The SMILES string of the molecule is CN=C(NCC(=O)OC(C)(C)C)NCC(c1ccc(OC)cc1)N1CCCC1. The average molecular weight is 391 g/mol. The van der Waals surface area contributed by atoms with E-state index in [1.165, 1.54) is 18.4 Å². The van der Waals surface area contributed by atoms with Crippen LogP contribution in [0.4, 0.5) is 0 Å². The summed E-state index contributed by atoms with van der Waals surface area (Å²) in [6.07, 6.45) is 2.44. The summed E-state index contributed by atoms with van der Waals surface area (Å²) >= 11 is 0.